The van der Waals surface area contributed by atoms with Crippen molar-refractivity contribution in [2.75, 3.05) is 17.2 Å². The molecule has 3 heterocycles. The molecule has 1 aromatic carbocycles. The fourth-order valence-electron chi connectivity index (χ4n) is 3.86. The second kappa shape index (κ2) is 6.98. The van der Waals surface area contributed by atoms with E-state index < -0.39 is 10.6 Å². The Morgan fingerprint density at radius 1 is 1.25 bits per heavy atom. The Kier molecular flexibility index (Phi) is 4.76. The highest BCUT2D eigenvalue weighted by Gasteiger charge is 2.27. The van der Waals surface area contributed by atoms with Crippen LogP contribution < -0.4 is 5.73 Å². The van der Waals surface area contributed by atoms with Gasteiger partial charge in [-0.15, -0.1) is 0 Å². The fourth-order valence-corrected chi connectivity index (χ4v) is 5.56. The molecule has 3 aromatic rings. The van der Waals surface area contributed by atoms with E-state index in [9.17, 15) is 14.4 Å². The zero-order valence-corrected chi connectivity index (χ0v) is 17.0. The summed E-state index contributed by atoms with van der Waals surface area (Å²) in [5, 5.41) is 10.8. The second-order valence-corrected chi connectivity index (χ2v) is 10.1. The molecule has 0 radical (unpaired) electrons. The normalized spacial score (nSPS) is 18.1. The lowest BCUT2D eigenvalue weighted by atomic mass is 10.0. The smallest absolute Gasteiger partial charge is 0.0994 e. The number of hydrogen-bond donors (Lipinski definition) is 3. The third kappa shape index (κ3) is 3.23. The number of nitrogen functional groups attached to an aromatic ring is 1. The maximum Gasteiger partial charge on any atom is 0.0994 e. The zero-order valence-electron chi connectivity index (χ0n) is 15.4. The van der Waals surface area contributed by atoms with Crippen LogP contribution in [0.4, 0.5) is 5.69 Å². The van der Waals surface area contributed by atoms with Crippen LogP contribution in [0.3, 0.4) is 0 Å². The van der Waals surface area contributed by atoms with Crippen molar-refractivity contribution in [3.8, 4) is 17.2 Å². The van der Waals surface area contributed by atoms with E-state index in [1.807, 2.05) is 25.3 Å². The number of nitrogens with two attached hydrogens (primary N) is 1. The molecule has 0 aliphatic carbocycles. The van der Waals surface area contributed by atoms with Crippen LogP contribution in [0.1, 0.15) is 30.0 Å². The molecule has 0 bridgehead atoms. The average Bonchev–Trinajstić information content (AvgIpc) is 3.01. The molecule has 0 amide bonds. The molecule has 4 rings (SSSR count). The fraction of sp³-hybridized carbons (Fsp3) is 0.300. The Bertz CT molecular complexity index is 1110. The van der Waals surface area contributed by atoms with Crippen molar-refractivity contribution >= 4 is 38.8 Å². The molecular formula is C20H21ClN4O2S. The predicted octanol–water partition coefficient (Wildman–Crippen LogP) is 5.20. The summed E-state index contributed by atoms with van der Waals surface area (Å²) in [6.45, 7) is 1.92. The molecule has 1 fully saturated rings. The number of anilines is 1. The first-order valence-electron chi connectivity index (χ1n) is 8.99. The van der Waals surface area contributed by atoms with E-state index in [0.29, 0.717) is 40.6 Å². The van der Waals surface area contributed by atoms with E-state index in [2.05, 4.69) is 15.6 Å². The van der Waals surface area contributed by atoms with Gasteiger partial charge in [-0.05, 0) is 37.5 Å². The van der Waals surface area contributed by atoms with Crippen molar-refractivity contribution in [2.45, 2.75) is 25.8 Å². The van der Waals surface area contributed by atoms with Gasteiger partial charge in [0.05, 0.1) is 28.5 Å². The Labute approximate surface area is 169 Å². The van der Waals surface area contributed by atoms with Crippen LogP contribution in [-0.2, 0) is 0 Å². The number of aromatic nitrogens is 2. The van der Waals surface area contributed by atoms with Crippen LogP contribution >= 0.6 is 22.2 Å². The highest BCUT2D eigenvalue weighted by Crippen LogP contribution is 2.48. The minimum absolute atomic E-state index is 0.149. The zero-order chi connectivity index (χ0) is 20.1. The monoisotopic (exact) mass is 416 g/mol. The van der Waals surface area contributed by atoms with Gasteiger partial charge in [0.2, 0.25) is 0 Å². The third-order valence-electron chi connectivity index (χ3n) is 5.45. The summed E-state index contributed by atoms with van der Waals surface area (Å²) >= 11 is 6.46. The van der Waals surface area contributed by atoms with Crippen LogP contribution in [0, 0.1) is 18.3 Å². The molecule has 0 atom stereocenters. The Balaban J connectivity index is 1.93. The van der Waals surface area contributed by atoms with Gasteiger partial charge in [-0.1, -0.05) is 11.6 Å². The van der Waals surface area contributed by atoms with Crippen molar-refractivity contribution in [1.82, 2.24) is 9.55 Å². The Hall–Kier alpha value is -2.24. The molecule has 0 unspecified atom stereocenters. The predicted molar refractivity (Wildman–Crippen MR) is 115 cm³/mol. The third-order valence-corrected chi connectivity index (χ3v) is 7.65. The van der Waals surface area contributed by atoms with Crippen LogP contribution in [0.15, 0.2) is 30.7 Å². The topological polar surface area (TPSA) is 108 Å². The minimum atomic E-state index is -2.46. The van der Waals surface area contributed by atoms with E-state index in [0.717, 1.165) is 27.6 Å². The second-order valence-electron chi connectivity index (χ2n) is 7.28. The molecule has 0 spiro atoms. The summed E-state index contributed by atoms with van der Waals surface area (Å²) < 4.78 is 22.1. The van der Waals surface area contributed by atoms with Crippen LogP contribution in [0.25, 0.3) is 22.0 Å². The molecule has 8 heteroatoms. The van der Waals surface area contributed by atoms with Gasteiger partial charge in [0.25, 0.3) is 0 Å². The van der Waals surface area contributed by atoms with Gasteiger partial charge < -0.3 is 10.3 Å². The number of fused-ring (bicyclic) bond motifs is 1. The first-order chi connectivity index (χ1) is 13.3. The number of halogens is 1. The van der Waals surface area contributed by atoms with Crippen molar-refractivity contribution < 1.29 is 9.11 Å². The summed E-state index contributed by atoms with van der Waals surface area (Å²) in [4.78, 5) is 4.18. The van der Waals surface area contributed by atoms with Gasteiger partial charge in [0, 0.05) is 52.0 Å². The average molecular weight is 417 g/mol. The number of hydrogen-bond acceptors (Lipinski definition) is 5. The Morgan fingerprint density at radius 3 is 2.64 bits per heavy atom. The lowest BCUT2D eigenvalue weighted by Gasteiger charge is -2.39. The lowest BCUT2D eigenvalue weighted by molar-refractivity contribution is 0.417. The molecule has 1 saturated heterocycles. The standard InChI is InChI=1S/C20H21ClN4O2S/c1-12-6-19-15(7-13(12)8-22)17(16-9-24-10-18(23)20(16)21)11-25(19)14-2-4-28(26,27)5-3-14/h6-7,9-11,14,26-27H,2-5,23H2,1H3. The van der Waals surface area contributed by atoms with Gasteiger partial charge >= 0.3 is 0 Å². The summed E-state index contributed by atoms with van der Waals surface area (Å²) in [7, 11) is -2.46. The molecule has 6 nitrogen and oxygen atoms in total. The summed E-state index contributed by atoms with van der Waals surface area (Å²) in [6, 6.07) is 6.29. The number of pyridine rings is 1. The van der Waals surface area contributed by atoms with Crippen LogP contribution in [0.5, 0.6) is 0 Å². The van der Waals surface area contributed by atoms with E-state index in [1.54, 1.807) is 6.20 Å². The largest absolute Gasteiger partial charge is 0.396 e. The van der Waals surface area contributed by atoms with Crippen molar-refractivity contribution in [2.24, 2.45) is 0 Å². The van der Waals surface area contributed by atoms with Crippen molar-refractivity contribution in [3.63, 3.8) is 0 Å². The summed E-state index contributed by atoms with van der Waals surface area (Å²) in [5.74, 6) is 0.811. The molecule has 146 valence electrons. The first-order valence-corrected chi connectivity index (χ1v) is 11.3. The van der Waals surface area contributed by atoms with E-state index in [-0.39, 0.29) is 6.04 Å². The van der Waals surface area contributed by atoms with E-state index in [4.69, 9.17) is 17.3 Å². The van der Waals surface area contributed by atoms with Gasteiger partial charge in [-0.3, -0.25) is 14.1 Å². The van der Waals surface area contributed by atoms with Gasteiger partial charge in [0.15, 0.2) is 0 Å². The molecular weight excluding hydrogens is 396 g/mol. The van der Waals surface area contributed by atoms with E-state index in [1.165, 1.54) is 6.20 Å². The van der Waals surface area contributed by atoms with Gasteiger partial charge in [-0.25, -0.2) is 0 Å². The lowest BCUT2D eigenvalue weighted by Crippen LogP contribution is -2.22. The summed E-state index contributed by atoms with van der Waals surface area (Å²) in [5.41, 5.74) is 10.5. The molecule has 1 aliphatic rings. The SMILES string of the molecule is Cc1cc2c(cc1C#N)c(-c1cncc(N)c1Cl)cn2C1CCS(O)(O)CC1. The molecule has 28 heavy (non-hydrogen) atoms. The van der Waals surface area contributed by atoms with Gasteiger partial charge in [-0.2, -0.15) is 15.9 Å². The van der Waals surface area contributed by atoms with Crippen molar-refractivity contribution in [1.29, 1.82) is 5.26 Å². The number of benzene rings is 1. The maximum absolute atomic E-state index is 9.97. The van der Waals surface area contributed by atoms with Crippen molar-refractivity contribution in [3.05, 3.63) is 46.9 Å². The maximum atomic E-state index is 9.97. The van der Waals surface area contributed by atoms with Crippen LogP contribution in [-0.4, -0.2) is 30.2 Å². The molecule has 4 N–H and O–H groups in total. The first kappa shape index (κ1) is 19.1. The Morgan fingerprint density at radius 2 is 1.96 bits per heavy atom. The minimum Gasteiger partial charge on any atom is -0.396 e. The van der Waals surface area contributed by atoms with Gasteiger partial charge in [0.1, 0.15) is 0 Å². The number of nitriles is 1. The summed E-state index contributed by atoms with van der Waals surface area (Å²) in [6.07, 6.45) is 6.60. The van der Waals surface area contributed by atoms with E-state index >= 15 is 0 Å². The quantitative estimate of drug-likeness (QED) is 0.531. The van der Waals surface area contributed by atoms with Crippen LogP contribution in [0.2, 0.25) is 5.02 Å². The highest BCUT2D eigenvalue weighted by molar-refractivity contribution is 8.24. The number of aryl methyl sites for hydroxylation is 1. The molecule has 0 saturated carbocycles. The molecule has 1 aliphatic heterocycles. The molecule has 2 aromatic heterocycles. The highest BCUT2D eigenvalue weighted by atomic mass is 35.5. The number of nitrogens with zero attached hydrogens (tertiary/aromatic N) is 3. The number of rotatable bonds is 2.